The second-order valence-electron chi connectivity index (χ2n) is 6.27. The Bertz CT molecular complexity index is 798. The van der Waals surface area contributed by atoms with Crippen LogP contribution in [0.3, 0.4) is 0 Å². The lowest BCUT2D eigenvalue weighted by molar-refractivity contribution is -0.0596. The number of nitrogens with zero attached hydrogens (tertiary/aromatic N) is 3. The van der Waals surface area contributed by atoms with Crippen molar-refractivity contribution in [1.29, 1.82) is 0 Å². The number of carbonyl (C=O) groups is 1. The third-order valence-corrected chi connectivity index (χ3v) is 3.35. The number of hydrazone groups is 1. The molecule has 0 aliphatic carbocycles. The molecule has 0 unspecified atom stereocenters. The van der Waals surface area contributed by atoms with Crippen LogP contribution in [0.1, 0.15) is 30.6 Å². The van der Waals surface area contributed by atoms with Gasteiger partial charge in [-0.15, -0.1) is 0 Å². The smallest absolute Gasteiger partial charge is 0.394 e. The molecular formula is C16H17F4N5O2. The molecule has 146 valence electrons. The Balaban J connectivity index is 2.24. The third-order valence-electron chi connectivity index (χ3n) is 3.35. The summed E-state index contributed by atoms with van der Waals surface area (Å²) >= 11 is 0. The van der Waals surface area contributed by atoms with Gasteiger partial charge in [-0.05, 0) is 38.1 Å². The first-order chi connectivity index (χ1) is 12.5. The number of hydrogen-bond acceptors (Lipinski definition) is 4. The third kappa shape index (κ3) is 5.84. The largest absolute Gasteiger partial charge is 0.431 e. The summed E-state index contributed by atoms with van der Waals surface area (Å²) in [6.07, 6.45) is -5.22. The normalized spacial score (nSPS) is 16.9. The Morgan fingerprint density at radius 3 is 2.44 bits per heavy atom. The number of alkyl halides is 3. The highest BCUT2D eigenvalue weighted by Crippen LogP contribution is 2.21. The van der Waals surface area contributed by atoms with Crippen LogP contribution < -0.4 is 10.7 Å². The first kappa shape index (κ1) is 20.5. The van der Waals surface area contributed by atoms with Gasteiger partial charge < -0.3 is 5.11 Å². The van der Waals surface area contributed by atoms with Crippen LogP contribution in [-0.4, -0.2) is 46.8 Å². The minimum absolute atomic E-state index is 0.0951. The van der Waals surface area contributed by atoms with Crippen molar-refractivity contribution in [1.82, 2.24) is 10.7 Å². The molecule has 11 heteroatoms. The molecule has 0 fully saturated rings. The molecule has 27 heavy (non-hydrogen) atoms. The Labute approximate surface area is 151 Å². The van der Waals surface area contributed by atoms with E-state index in [-0.39, 0.29) is 17.4 Å². The molecule has 7 nitrogen and oxygen atoms in total. The van der Waals surface area contributed by atoms with Gasteiger partial charge in [-0.25, -0.2) is 9.38 Å². The van der Waals surface area contributed by atoms with Gasteiger partial charge in [-0.3, -0.25) is 15.5 Å². The van der Waals surface area contributed by atoms with Gasteiger partial charge in [-0.2, -0.15) is 23.3 Å². The van der Waals surface area contributed by atoms with E-state index in [1.54, 1.807) is 0 Å². The summed E-state index contributed by atoms with van der Waals surface area (Å²) in [7, 11) is 0. The van der Waals surface area contributed by atoms with Gasteiger partial charge in [0.1, 0.15) is 17.4 Å². The van der Waals surface area contributed by atoms with Gasteiger partial charge >= 0.3 is 6.18 Å². The van der Waals surface area contributed by atoms with Crippen LogP contribution >= 0.6 is 0 Å². The Hall–Kier alpha value is -2.82. The maximum absolute atomic E-state index is 13.0. The lowest BCUT2D eigenvalue weighted by Gasteiger charge is -2.17. The standard InChI is InChI=1S/C16H17F4N5O2/c1-15(2,8-26)23-14(21-12-7-11(24-25-12)16(18,19)20)22-13(27)9-3-5-10(17)6-4-9/h3-6,26H,7-8H2,1-2H3,(H2,21,22,23,25,27). The zero-order valence-corrected chi connectivity index (χ0v) is 14.4. The summed E-state index contributed by atoms with van der Waals surface area (Å²) in [5.74, 6) is -1.71. The topological polar surface area (TPSA) is 98.4 Å². The van der Waals surface area contributed by atoms with E-state index in [0.29, 0.717) is 0 Å². The number of rotatable bonds is 3. The molecule has 1 aromatic rings. The van der Waals surface area contributed by atoms with Gasteiger partial charge in [0, 0.05) is 5.56 Å². The van der Waals surface area contributed by atoms with E-state index >= 15 is 0 Å². The number of aliphatic imine (C=N–C) groups is 2. The van der Waals surface area contributed by atoms with Gasteiger partial charge in [0.25, 0.3) is 5.91 Å². The number of hydrogen-bond donors (Lipinski definition) is 3. The molecule has 3 N–H and O–H groups in total. The minimum Gasteiger partial charge on any atom is -0.394 e. The molecular weight excluding hydrogens is 370 g/mol. The molecule has 1 aromatic carbocycles. The highest BCUT2D eigenvalue weighted by Gasteiger charge is 2.39. The van der Waals surface area contributed by atoms with E-state index in [1.807, 2.05) is 0 Å². The van der Waals surface area contributed by atoms with Crippen LogP contribution in [0.5, 0.6) is 0 Å². The molecule has 0 atom stereocenters. The fourth-order valence-corrected chi connectivity index (χ4v) is 1.90. The van der Waals surface area contributed by atoms with Gasteiger partial charge in [0.05, 0.1) is 18.6 Å². The number of carbonyl (C=O) groups excluding carboxylic acids is 1. The molecule has 0 saturated heterocycles. The molecule has 1 aliphatic rings. The van der Waals surface area contributed by atoms with Crippen LogP contribution in [0.15, 0.2) is 39.4 Å². The van der Waals surface area contributed by atoms with E-state index in [4.69, 9.17) is 0 Å². The molecule has 0 spiro atoms. The van der Waals surface area contributed by atoms with Crippen molar-refractivity contribution in [2.24, 2.45) is 15.1 Å². The molecule has 1 amide bonds. The van der Waals surface area contributed by atoms with Crippen LogP contribution in [0, 0.1) is 5.82 Å². The second kappa shape index (κ2) is 7.82. The van der Waals surface area contributed by atoms with Crippen molar-refractivity contribution in [3.8, 4) is 0 Å². The predicted molar refractivity (Wildman–Crippen MR) is 91.1 cm³/mol. The zero-order valence-electron chi connectivity index (χ0n) is 14.4. The number of aliphatic hydroxyl groups is 1. The lowest BCUT2D eigenvalue weighted by Crippen LogP contribution is -2.35. The number of amidine groups is 1. The van der Waals surface area contributed by atoms with E-state index < -0.39 is 42.2 Å². The average Bonchev–Trinajstić information content (AvgIpc) is 3.03. The molecule has 2 rings (SSSR count). The number of nitrogens with one attached hydrogen (secondary N) is 2. The van der Waals surface area contributed by atoms with E-state index in [1.165, 1.54) is 26.0 Å². The summed E-state index contributed by atoms with van der Waals surface area (Å²) in [5, 5.41) is 14.8. The van der Waals surface area contributed by atoms with Crippen molar-refractivity contribution in [3.05, 3.63) is 35.6 Å². The number of benzene rings is 1. The Kier molecular flexibility index (Phi) is 5.94. The molecule has 0 bridgehead atoms. The summed E-state index contributed by atoms with van der Waals surface area (Å²) in [6.45, 7) is 2.68. The van der Waals surface area contributed by atoms with Crippen molar-refractivity contribution in [2.75, 3.05) is 6.61 Å². The highest BCUT2D eigenvalue weighted by molar-refractivity contribution is 6.14. The van der Waals surface area contributed by atoms with E-state index in [2.05, 4.69) is 25.8 Å². The Morgan fingerprint density at radius 2 is 1.93 bits per heavy atom. The predicted octanol–water partition coefficient (Wildman–Crippen LogP) is 1.99. The number of aliphatic hydroxyl groups excluding tert-OH is 1. The van der Waals surface area contributed by atoms with Gasteiger partial charge in [0.2, 0.25) is 5.96 Å². The maximum atomic E-state index is 13.0. The highest BCUT2D eigenvalue weighted by atomic mass is 19.4. The van der Waals surface area contributed by atoms with Crippen LogP contribution in [0.25, 0.3) is 0 Å². The minimum atomic E-state index is -4.61. The van der Waals surface area contributed by atoms with Crippen molar-refractivity contribution < 1.29 is 27.5 Å². The first-order valence-corrected chi connectivity index (χ1v) is 7.75. The van der Waals surface area contributed by atoms with Crippen molar-refractivity contribution in [2.45, 2.75) is 32.0 Å². The van der Waals surface area contributed by atoms with Crippen LogP contribution in [0.4, 0.5) is 17.6 Å². The van der Waals surface area contributed by atoms with Gasteiger partial charge in [-0.1, -0.05) is 0 Å². The summed E-state index contributed by atoms with van der Waals surface area (Å²) in [6, 6.07) is 4.62. The lowest BCUT2D eigenvalue weighted by atomic mass is 10.1. The summed E-state index contributed by atoms with van der Waals surface area (Å²) < 4.78 is 51.0. The van der Waals surface area contributed by atoms with Crippen LogP contribution in [0.2, 0.25) is 0 Å². The molecule has 1 heterocycles. The maximum Gasteiger partial charge on any atom is 0.431 e. The molecule has 0 radical (unpaired) electrons. The summed E-state index contributed by atoms with van der Waals surface area (Å²) in [5.41, 5.74) is 0.120. The second-order valence-corrected chi connectivity index (χ2v) is 6.27. The van der Waals surface area contributed by atoms with E-state index in [0.717, 1.165) is 12.1 Å². The number of amides is 1. The quantitative estimate of drug-likeness (QED) is 0.420. The SMILES string of the molecule is CC(C)(CO)N=C(N=C1CC(C(F)(F)F)=NN1)NC(=O)c1ccc(F)cc1. The number of halogens is 4. The van der Waals surface area contributed by atoms with E-state index in [9.17, 15) is 27.5 Å². The first-order valence-electron chi connectivity index (χ1n) is 7.75. The molecule has 0 aromatic heterocycles. The Morgan fingerprint density at radius 1 is 1.30 bits per heavy atom. The average molecular weight is 387 g/mol. The van der Waals surface area contributed by atoms with Gasteiger partial charge in [0.15, 0.2) is 0 Å². The monoisotopic (exact) mass is 387 g/mol. The fraction of sp³-hybridized carbons (Fsp3) is 0.375. The summed E-state index contributed by atoms with van der Waals surface area (Å²) in [4.78, 5) is 20.2. The van der Waals surface area contributed by atoms with Crippen molar-refractivity contribution >= 4 is 23.4 Å². The van der Waals surface area contributed by atoms with Crippen molar-refractivity contribution in [3.63, 3.8) is 0 Å². The van der Waals surface area contributed by atoms with Crippen LogP contribution in [-0.2, 0) is 0 Å². The number of guanidine groups is 1. The molecule has 1 aliphatic heterocycles. The zero-order chi connectivity index (χ0) is 20.2. The fourth-order valence-electron chi connectivity index (χ4n) is 1.90. The molecule has 0 saturated carbocycles.